The SMILES string of the molecule is C#Cc1ccc2c3c(c([C@@H](C)NC(=O)c4c(NS(=O)(=O)NC)nn5cccnc45)n(-c4ccccc4)c(=O)c13)CCC2. The van der Waals surface area contributed by atoms with Gasteiger partial charge in [0.15, 0.2) is 11.5 Å². The number of rotatable bonds is 7. The zero-order chi connectivity index (χ0) is 29.6. The van der Waals surface area contributed by atoms with Crippen molar-refractivity contribution in [1.29, 1.82) is 0 Å². The molecule has 0 fully saturated rings. The molecule has 0 saturated carbocycles. The molecule has 6 rings (SSSR count). The molecule has 1 aliphatic carbocycles. The first-order valence-corrected chi connectivity index (χ1v) is 14.8. The van der Waals surface area contributed by atoms with E-state index in [0.29, 0.717) is 28.8 Å². The van der Waals surface area contributed by atoms with E-state index in [1.807, 2.05) is 42.5 Å². The number of pyridine rings is 1. The van der Waals surface area contributed by atoms with E-state index in [9.17, 15) is 18.0 Å². The van der Waals surface area contributed by atoms with Crippen molar-refractivity contribution < 1.29 is 13.2 Å². The highest BCUT2D eigenvalue weighted by Gasteiger charge is 2.30. The number of benzene rings is 2. The van der Waals surface area contributed by atoms with Crippen LogP contribution in [0.5, 0.6) is 0 Å². The molecule has 5 aromatic rings. The van der Waals surface area contributed by atoms with Crippen LogP contribution in [0.1, 0.15) is 52.1 Å². The summed E-state index contributed by atoms with van der Waals surface area (Å²) in [6.45, 7) is 1.80. The van der Waals surface area contributed by atoms with Crippen LogP contribution in [0.2, 0.25) is 0 Å². The number of hydrogen-bond acceptors (Lipinski definition) is 6. The van der Waals surface area contributed by atoms with Crippen molar-refractivity contribution in [3.05, 3.63) is 99.2 Å². The molecular formula is C30H27N7O4S. The minimum Gasteiger partial charge on any atom is -0.344 e. The number of amides is 1. The number of carbonyl (C=O) groups excluding carboxylic acids is 1. The highest BCUT2D eigenvalue weighted by molar-refractivity contribution is 7.90. The first-order valence-electron chi connectivity index (χ1n) is 13.3. The Morgan fingerprint density at radius 2 is 1.88 bits per heavy atom. The maximum absolute atomic E-state index is 14.3. The molecule has 2 aromatic carbocycles. The van der Waals surface area contributed by atoms with Gasteiger partial charge in [-0.3, -0.25) is 18.9 Å². The largest absolute Gasteiger partial charge is 0.344 e. The van der Waals surface area contributed by atoms with Gasteiger partial charge in [0.1, 0.15) is 5.56 Å². The Balaban J connectivity index is 1.55. The van der Waals surface area contributed by atoms with E-state index < -0.39 is 22.2 Å². The van der Waals surface area contributed by atoms with Crippen LogP contribution in [0, 0.1) is 12.3 Å². The first-order chi connectivity index (χ1) is 20.2. The Morgan fingerprint density at radius 1 is 1.10 bits per heavy atom. The smallest absolute Gasteiger partial charge is 0.300 e. The number of anilines is 1. The van der Waals surface area contributed by atoms with Crippen LogP contribution in [0.3, 0.4) is 0 Å². The normalized spacial score (nSPS) is 13.5. The van der Waals surface area contributed by atoms with E-state index in [1.165, 1.54) is 17.8 Å². The Hall–Kier alpha value is -4.99. The molecule has 1 atom stereocenters. The number of nitrogens with zero attached hydrogens (tertiary/aromatic N) is 4. The van der Waals surface area contributed by atoms with Gasteiger partial charge in [0.05, 0.1) is 17.1 Å². The number of fused-ring (bicyclic) bond motifs is 1. The van der Waals surface area contributed by atoms with E-state index in [0.717, 1.165) is 29.4 Å². The molecular weight excluding hydrogens is 554 g/mol. The number of aryl methyl sites for hydroxylation is 2. The summed E-state index contributed by atoms with van der Waals surface area (Å²) >= 11 is 0. The standard InChI is InChI=1S/C30H27N7O4S/c1-4-19-14-15-20-10-8-13-22-23(20)24(19)30(39)37(21-11-6-5-7-12-21)26(22)18(2)33-29(38)25-27(35-42(40,41)31-3)34-36-17-9-16-32-28(25)36/h1,5-7,9,11-12,14-18,31H,8,10,13H2,2-3H3,(H,33,38)(H,34,35)/t18-/m1/s1. The topological polar surface area (TPSA) is 139 Å². The second-order valence-electron chi connectivity index (χ2n) is 9.98. The van der Waals surface area contributed by atoms with Crippen molar-refractivity contribution in [2.45, 2.75) is 32.2 Å². The van der Waals surface area contributed by atoms with Gasteiger partial charge in [0, 0.05) is 30.7 Å². The molecule has 3 aromatic heterocycles. The molecule has 3 N–H and O–H groups in total. The van der Waals surface area contributed by atoms with Crippen molar-refractivity contribution in [2.24, 2.45) is 0 Å². The van der Waals surface area contributed by atoms with E-state index in [4.69, 9.17) is 6.42 Å². The predicted molar refractivity (Wildman–Crippen MR) is 160 cm³/mol. The van der Waals surface area contributed by atoms with Crippen molar-refractivity contribution in [1.82, 2.24) is 29.2 Å². The van der Waals surface area contributed by atoms with Gasteiger partial charge in [0.25, 0.3) is 21.7 Å². The van der Waals surface area contributed by atoms with Crippen LogP contribution in [0.4, 0.5) is 5.82 Å². The van der Waals surface area contributed by atoms with Crippen molar-refractivity contribution >= 4 is 38.4 Å². The summed E-state index contributed by atoms with van der Waals surface area (Å²) in [5.41, 5.74) is 3.60. The first kappa shape index (κ1) is 27.2. The monoisotopic (exact) mass is 581 g/mol. The quantitative estimate of drug-likeness (QED) is 0.253. The van der Waals surface area contributed by atoms with Crippen LogP contribution in [0.25, 0.3) is 22.1 Å². The number of nitrogens with one attached hydrogen (secondary N) is 3. The number of para-hydroxylation sites is 1. The van der Waals surface area contributed by atoms with Gasteiger partial charge in [0.2, 0.25) is 0 Å². The molecule has 212 valence electrons. The highest BCUT2D eigenvalue weighted by Crippen LogP contribution is 2.35. The number of carbonyl (C=O) groups is 1. The maximum Gasteiger partial charge on any atom is 0.300 e. The fourth-order valence-electron chi connectivity index (χ4n) is 5.71. The average molecular weight is 582 g/mol. The minimum absolute atomic E-state index is 0.0559. The lowest BCUT2D eigenvalue weighted by Gasteiger charge is -2.28. The van der Waals surface area contributed by atoms with Gasteiger partial charge < -0.3 is 5.32 Å². The molecule has 12 heteroatoms. The Morgan fingerprint density at radius 3 is 2.62 bits per heavy atom. The third-order valence-corrected chi connectivity index (χ3v) is 8.48. The lowest BCUT2D eigenvalue weighted by Crippen LogP contribution is -2.35. The van der Waals surface area contributed by atoms with Crippen LogP contribution in [-0.4, -0.2) is 40.5 Å². The maximum atomic E-state index is 14.3. The molecule has 0 spiro atoms. The van der Waals surface area contributed by atoms with E-state index in [-0.39, 0.29) is 22.6 Å². The van der Waals surface area contributed by atoms with Gasteiger partial charge >= 0.3 is 0 Å². The van der Waals surface area contributed by atoms with Crippen LogP contribution >= 0.6 is 0 Å². The van der Waals surface area contributed by atoms with Gasteiger partial charge in [-0.05, 0) is 67.0 Å². The number of terminal acetylenes is 1. The van der Waals surface area contributed by atoms with Crippen LogP contribution in [0.15, 0.2) is 65.7 Å². The van der Waals surface area contributed by atoms with Crippen molar-refractivity contribution in [2.75, 3.05) is 11.8 Å². The summed E-state index contributed by atoms with van der Waals surface area (Å²) in [4.78, 5) is 32.4. The summed E-state index contributed by atoms with van der Waals surface area (Å²) in [6.07, 6.45) is 11.3. The third kappa shape index (κ3) is 4.49. The molecule has 0 bridgehead atoms. The lowest BCUT2D eigenvalue weighted by molar-refractivity contribution is 0.0941. The van der Waals surface area contributed by atoms with Gasteiger partial charge in [-0.25, -0.2) is 14.2 Å². The molecule has 0 unspecified atom stereocenters. The fourth-order valence-corrected chi connectivity index (χ4v) is 6.20. The van der Waals surface area contributed by atoms with Crippen LogP contribution in [-0.2, 0) is 23.1 Å². The van der Waals surface area contributed by atoms with E-state index in [1.54, 1.807) is 23.8 Å². The Kier molecular flexibility index (Phi) is 6.76. The van der Waals surface area contributed by atoms with Gasteiger partial charge in [-0.2, -0.15) is 8.42 Å². The Bertz CT molecular complexity index is 2090. The molecule has 1 amide bonds. The molecule has 1 aliphatic rings. The lowest BCUT2D eigenvalue weighted by atomic mass is 9.85. The zero-order valence-corrected chi connectivity index (χ0v) is 23.7. The predicted octanol–water partition coefficient (Wildman–Crippen LogP) is 2.87. The fraction of sp³-hybridized carbons (Fsp3) is 0.200. The molecule has 0 aliphatic heterocycles. The van der Waals surface area contributed by atoms with E-state index in [2.05, 4.69) is 30.8 Å². The number of aromatic nitrogens is 4. The molecule has 11 nitrogen and oxygen atoms in total. The Labute approximate surface area is 241 Å². The summed E-state index contributed by atoms with van der Waals surface area (Å²) in [7, 11) is -2.75. The molecule has 0 radical (unpaired) electrons. The zero-order valence-electron chi connectivity index (χ0n) is 22.9. The van der Waals surface area contributed by atoms with Gasteiger partial charge in [-0.15, -0.1) is 11.5 Å². The number of hydrogen-bond donors (Lipinski definition) is 3. The molecule has 0 saturated heterocycles. The highest BCUT2D eigenvalue weighted by atomic mass is 32.2. The molecule has 3 heterocycles. The van der Waals surface area contributed by atoms with Gasteiger partial charge in [-0.1, -0.05) is 30.2 Å². The molecule has 42 heavy (non-hydrogen) atoms. The van der Waals surface area contributed by atoms with Crippen LogP contribution < -0.4 is 20.3 Å². The van der Waals surface area contributed by atoms with E-state index >= 15 is 0 Å². The average Bonchev–Trinajstić information content (AvgIpc) is 3.36. The summed E-state index contributed by atoms with van der Waals surface area (Å²) < 4.78 is 32.1. The minimum atomic E-state index is -3.99. The summed E-state index contributed by atoms with van der Waals surface area (Å²) in [5.74, 6) is 1.88. The second-order valence-corrected chi connectivity index (χ2v) is 11.6. The third-order valence-electron chi connectivity index (χ3n) is 7.48. The van der Waals surface area contributed by atoms with Crippen molar-refractivity contribution in [3.63, 3.8) is 0 Å². The summed E-state index contributed by atoms with van der Waals surface area (Å²) in [5, 5.41) is 8.56. The second kappa shape index (κ2) is 10.4. The summed E-state index contributed by atoms with van der Waals surface area (Å²) in [6, 6.07) is 13.9. The van der Waals surface area contributed by atoms with Crippen molar-refractivity contribution in [3.8, 4) is 18.0 Å².